The van der Waals surface area contributed by atoms with E-state index >= 15 is 0 Å². The molecule has 1 rings (SSSR count). The fourth-order valence-electron chi connectivity index (χ4n) is 2.49. The molecule has 0 heterocycles. The first-order valence-electron chi connectivity index (χ1n) is 7.92. The third kappa shape index (κ3) is 6.48. The van der Waals surface area contributed by atoms with Gasteiger partial charge in [0.2, 0.25) is 0 Å². The summed E-state index contributed by atoms with van der Waals surface area (Å²) >= 11 is 0. The van der Waals surface area contributed by atoms with E-state index in [0.29, 0.717) is 23.6 Å². The van der Waals surface area contributed by atoms with Crippen molar-refractivity contribution in [3.05, 3.63) is 23.8 Å². The monoisotopic (exact) mass is 322 g/mol. The van der Waals surface area contributed by atoms with Crippen molar-refractivity contribution in [1.29, 1.82) is 0 Å². The third-order valence-electron chi connectivity index (χ3n) is 3.26. The lowest BCUT2D eigenvalue weighted by Gasteiger charge is -2.28. The summed E-state index contributed by atoms with van der Waals surface area (Å²) < 4.78 is 11.0. The largest absolute Gasteiger partial charge is 0.493 e. The lowest BCUT2D eigenvalue weighted by molar-refractivity contribution is 0.0929. The Morgan fingerprint density at radius 2 is 1.91 bits per heavy atom. The molecule has 5 nitrogen and oxygen atoms in total. The lowest BCUT2D eigenvalue weighted by Crippen LogP contribution is -2.39. The lowest BCUT2D eigenvalue weighted by atomic mass is 9.93. The summed E-state index contributed by atoms with van der Waals surface area (Å²) in [5.41, 5.74) is 0.572. The molecule has 0 saturated carbocycles. The Morgan fingerprint density at radius 1 is 1.26 bits per heavy atom. The van der Waals surface area contributed by atoms with Gasteiger partial charge in [-0.05, 0) is 51.6 Å². The van der Waals surface area contributed by atoms with Crippen LogP contribution in [0.2, 0.25) is 0 Å². The van der Waals surface area contributed by atoms with Gasteiger partial charge in [0.1, 0.15) is 0 Å². The highest BCUT2D eigenvalue weighted by Gasteiger charge is 2.20. The van der Waals surface area contributed by atoms with Gasteiger partial charge in [-0.1, -0.05) is 13.8 Å². The molecule has 0 unspecified atom stereocenters. The first kappa shape index (κ1) is 19.3. The van der Waals surface area contributed by atoms with E-state index in [-0.39, 0.29) is 17.4 Å². The molecule has 0 aliphatic rings. The Bertz CT molecular complexity index is 525. The molecule has 1 amide bonds. The van der Waals surface area contributed by atoms with Crippen LogP contribution in [-0.2, 0) is 0 Å². The number of benzene rings is 1. The molecule has 0 aliphatic carbocycles. The van der Waals surface area contributed by atoms with E-state index in [9.17, 15) is 4.79 Å². The minimum absolute atomic E-state index is 0.00391. The molecule has 1 aromatic rings. The Kier molecular flexibility index (Phi) is 6.88. The average Bonchev–Trinajstić information content (AvgIpc) is 2.43. The van der Waals surface area contributed by atoms with Crippen LogP contribution in [0.4, 0.5) is 0 Å². The van der Waals surface area contributed by atoms with Crippen LogP contribution in [0.25, 0.3) is 0 Å². The van der Waals surface area contributed by atoms with Crippen molar-refractivity contribution in [3.8, 4) is 11.5 Å². The zero-order valence-corrected chi connectivity index (χ0v) is 15.4. The maximum Gasteiger partial charge on any atom is 0.251 e. The second-order valence-electron chi connectivity index (χ2n) is 7.12. The highest BCUT2D eigenvalue weighted by atomic mass is 16.5. The van der Waals surface area contributed by atoms with Crippen LogP contribution >= 0.6 is 0 Å². The number of ether oxygens (including phenoxy) is 2. The average molecular weight is 322 g/mol. The molecule has 0 radical (unpaired) electrons. The van der Waals surface area contributed by atoms with Gasteiger partial charge in [0.05, 0.1) is 13.2 Å². The van der Waals surface area contributed by atoms with Gasteiger partial charge in [0.25, 0.3) is 5.91 Å². The van der Waals surface area contributed by atoms with Crippen molar-refractivity contribution < 1.29 is 14.3 Å². The number of rotatable bonds is 8. The standard InChI is InChI=1S/C18H30N2O3/c1-13(2)23-15-9-8-14(10-16(15)22-7)17(21)19-11-18(3,4)12-20(5)6/h8-10,13H,11-12H2,1-7H3,(H,19,21). The minimum Gasteiger partial charge on any atom is -0.493 e. The summed E-state index contributed by atoms with van der Waals surface area (Å²) in [5.74, 6) is 1.11. The molecule has 0 bridgehead atoms. The van der Waals surface area contributed by atoms with E-state index in [2.05, 4.69) is 24.1 Å². The van der Waals surface area contributed by atoms with E-state index in [0.717, 1.165) is 6.54 Å². The molecular weight excluding hydrogens is 292 g/mol. The van der Waals surface area contributed by atoms with Crippen LogP contribution in [0, 0.1) is 5.41 Å². The Labute approximate surface area is 140 Å². The van der Waals surface area contributed by atoms with Crippen LogP contribution in [-0.4, -0.2) is 51.2 Å². The second-order valence-corrected chi connectivity index (χ2v) is 7.12. The number of carbonyl (C=O) groups is 1. The van der Waals surface area contributed by atoms with Crippen molar-refractivity contribution in [3.63, 3.8) is 0 Å². The van der Waals surface area contributed by atoms with E-state index in [1.54, 1.807) is 25.3 Å². The van der Waals surface area contributed by atoms with Crippen LogP contribution in [0.15, 0.2) is 18.2 Å². The topological polar surface area (TPSA) is 50.8 Å². The smallest absolute Gasteiger partial charge is 0.251 e. The number of nitrogens with zero attached hydrogens (tertiary/aromatic N) is 1. The first-order chi connectivity index (χ1) is 10.6. The highest BCUT2D eigenvalue weighted by molar-refractivity contribution is 5.94. The van der Waals surface area contributed by atoms with Crippen molar-refractivity contribution in [1.82, 2.24) is 10.2 Å². The number of amides is 1. The number of hydrogen-bond acceptors (Lipinski definition) is 4. The van der Waals surface area contributed by atoms with E-state index in [4.69, 9.17) is 9.47 Å². The Morgan fingerprint density at radius 3 is 2.43 bits per heavy atom. The van der Waals surface area contributed by atoms with Gasteiger partial charge >= 0.3 is 0 Å². The molecule has 1 N–H and O–H groups in total. The van der Waals surface area contributed by atoms with Gasteiger partial charge in [-0.3, -0.25) is 4.79 Å². The zero-order valence-electron chi connectivity index (χ0n) is 15.4. The summed E-state index contributed by atoms with van der Waals surface area (Å²) in [6.07, 6.45) is 0.0513. The van der Waals surface area contributed by atoms with Crippen LogP contribution < -0.4 is 14.8 Å². The normalized spacial score (nSPS) is 11.7. The quantitative estimate of drug-likeness (QED) is 0.799. The van der Waals surface area contributed by atoms with Gasteiger partial charge < -0.3 is 19.7 Å². The van der Waals surface area contributed by atoms with Crippen molar-refractivity contribution >= 4 is 5.91 Å². The predicted octanol–water partition coefficient (Wildman–Crippen LogP) is 2.80. The maximum atomic E-state index is 12.4. The Balaban J connectivity index is 2.77. The van der Waals surface area contributed by atoms with Gasteiger partial charge in [-0.15, -0.1) is 0 Å². The van der Waals surface area contributed by atoms with Crippen molar-refractivity contribution in [2.24, 2.45) is 5.41 Å². The molecule has 0 spiro atoms. The molecule has 1 aromatic carbocycles. The third-order valence-corrected chi connectivity index (χ3v) is 3.26. The maximum absolute atomic E-state index is 12.4. The highest BCUT2D eigenvalue weighted by Crippen LogP contribution is 2.29. The number of nitrogens with one attached hydrogen (secondary N) is 1. The summed E-state index contributed by atoms with van der Waals surface area (Å²) in [6.45, 7) is 9.68. The molecule has 0 aliphatic heterocycles. The predicted molar refractivity (Wildman–Crippen MR) is 93.4 cm³/mol. The second kappa shape index (κ2) is 8.20. The molecule has 0 fully saturated rings. The SMILES string of the molecule is COc1cc(C(=O)NCC(C)(C)CN(C)C)ccc1OC(C)C. The number of hydrogen-bond donors (Lipinski definition) is 1. The fraction of sp³-hybridized carbons (Fsp3) is 0.611. The van der Waals surface area contributed by atoms with Crippen LogP contribution in [0.5, 0.6) is 11.5 Å². The van der Waals surface area contributed by atoms with Crippen LogP contribution in [0.1, 0.15) is 38.1 Å². The zero-order chi connectivity index (χ0) is 17.6. The molecule has 0 atom stereocenters. The van der Waals surface area contributed by atoms with Crippen molar-refractivity contribution in [2.75, 3.05) is 34.3 Å². The number of carbonyl (C=O) groups excluding carboxylic acids is 1. The van der Waals surface area contributed by atoms with Gasteiger partial charge in [0, 0.05) is 18.7 Å². The summed E-state index contributed by atoms with van der Waals surface area (Å²) in [6, 6.07) is 5.25. The fourth-order valence-corrected chi connectivity index (χ4v) is 2.49. The summed E-state index contributed by atoms with van der Waals surface area (Å²) in [7, 11) is 5.63. The van der Waals surface area contributed by atoms with E-state index in [1.807, 2.05) is 27.9 Å². The van der Waals surface area contributed by atoms with Crippen LogP contribution in [0.3, 0.4) is 0 Å². The molecule has 0 saturated heterocycles. The molecule has 0 aromatic heterocycles. The first-order valence-corrected chi connectivity index (χ1v) is 7.92. The van der Waals surface area contributed by atoms with Crippen molar-refractivity contribution in [2.45, 2.75) is 33.8 Å². The Hall–Kier alpha value is -1.75. The number of methoxy groups -OCH3 is 1. The summed E-state index contributed by atoms with van der Waals surface area (Å²) in [4.78, 5) is 14.5. The molecule has 5 heteroatoms. The summed E-state index contributed by atoms with van der Waals surface area (Å²) in [5, 5.41) is 2.99. The van der Waals surface area contributed by atoms with Gasteiger partial charge in [-0.25, -0.2) is 0 Å². The van der Waals surface area contributed by atoms with Gasteiger partial charge in [-0.2, -0.15) is 0 Å². The van der Waals surface area contributed by atoms with Gasteiger partial charge in [0.15, 0.2) is 11.5 Å². The molecule has 23 heavy (non-hydrogen) atoms. The van der Waals surface area contributed by atoms with E-state index in [1.165, 1.54) is 0 Å². The molecular formula is C18H30N2O3. The minimum atomic E-state index is -0.105. The van der Waals surface area contributed by atoms with E-state index < -0.39 is 0 Å². The molecule has 130 valence electrons.